The van der Waals surface area contributed by atoms with Gasteiger partial charge >= 0.3 is 0 Å². The van der Waals surface area contributed by atoms with Crippen molar-refractivity contribution < 1.29 is 23.4 Å². The van der Waals surface area contributed by atoms with Gasteiger partial charge in [-0.3, -0.25) is 4.79 Å². The van der Waals surface area contributed by atoms with Crippen LogP contribution >= 0.6 is 0 Å². The standard InChI is InChI=1S/C18H19N5O5/c1-3-23-17(19-9-20-23)11(2)21-18(24)13-7-26-16(22-13)8-25-12-4-5-14-15(6-12)28-10-27-14/h4-7,9,11H,3,8,10H2,1-2H3,(H,21,24). The number of aryl methyl sites for hydroxylation is 1. The Labute approximate surface area is 160 Å². The lowest BCUT2D eigenvalue weighted by Crippen LogP contribution is -2.29. The molecule has 1 N–H and O–H groups in total. The third-order valence-corrected chi connectivity index (χ3v) is 4.17. The van der Waals surface area contributed by atoms with Crippen LogP contribution in [0.5, 0.6) is 17.2 Å². The van der Waals surface area contributed by atoms with Crippen LogP contribution in [0.1, 0.15) is 42.1 Å². The van der Waals surface area contributed by atoms with E-state index in [-0.39, 0.29) is 36.9 Å². The van der Waals surface area contributed by atoms with Crippen molar-refractivity contribution in [3.8, 4) is 17.2 Å². The third-order valence-electron chi connectivity index (χ3n) is 4.17. The van der Waals surface area contributed by atoms with Crippen molar-refractivity contribution in [1.82, 2.24) is 25.1 Å². The van der Waals surface area contributed by atoms with Crippen LogP contribution < -0.4 is 19.5 Å². The molecule has 0 aliphatic carbocycles. The molecule has 1 aliphatic heterocycles. The molecule has 1 unspecified atom stereocenters. The number of nitrogens with zero attached hydrogens (tertiary/aromatic N) is 4. The summed E-state index contributed by atoms with van der Waals surface area (Å²) in [4.78, 5) is 20.8. The van der Waals surface area contributed by atoms with Crippen LogP contribution in [0.4, 0.5) is 0 Å². The van der Waals surface area contributed by atoms with E-state index < -0.39 is 0 Å². The van der Waals surface area contributed by atoms with Crippen LogP contribution in [0.2, 0.25) is 0 Å². The Morgan fingerprint density at radius 3 is 3.07 bits per heavy atom. The molecular formula is C18H19N5O5. The fourth-order valence-corrected chi connectivity index (χ4v) is 2.78. The molecule has 1 atom stereocenters. The summed E-state index contributed by atoms with van der Waals surface area (Å²) in [5.41, 5.74) is 0.165. The maximum atomic E-state index is 12.4. The number of carbonyl (C=O) groups is 1. The molecule has 10 nitrogen and oxygen atoms in total. The second-order valence-corrected chi connectivity index (χ2v) is 6.06. The Morgan fingerprint density at radius 2 is 2.21 bits per heavy atom. The molecule has 2 aromatic heterocycles. The number of hydrogen-bond acceptors (Lipinski definition) is 8. The minimum absolute atomic E-state index is 0.0760. The van der Waals surface area contributed by atoms with Crippen molar-refractivity contribution in [1.29, 1.82) is 0 Å². The zero-order valence-electron chi connectivity index (χ0n) is 15.4. The van der Waals surface area contributed by atoms with E-state index >= 15 is 0 Å². The van der Waals surface area contributed by atoms with Gasteiger partial charge < -0.3 is 23.9 Å². The second kappa shape index (κ2) is 7.59. The molecule has 1 amide bonds. The topological polar surface area (TPSA) is 114 Å². The number of amides is 1. The Morgan fingerprint density at radius 1 is 1.36 bits per heavy atom. The van der Waals surface area contributed by atoms with Gasteiger partial charge in [0.15, 0.2) is 23.8 Å². The van der Waals surface area contributed by atoms with E-state index in [0.717, 1.165) is 0 Å². The van der Waals surface area contributed by atoms with Crippen molar-refractivity contribution >= 4 is 5.91 Å². The molecule has 10 heteroatoms. The monoisotopic (exact) mass is 385 g/mol. The van der Waals surface area contributed by atoms with Gasteiger partial charge in [0, 0.05) is 12.6 Å². The summed E-state index contributed by atoms with van der Waals surface area (Å²) in [7, 11) is 0. The van der Waals surface area contributed by atoms with E-state index in [1.54, 1.807) is 22.9 Å². The smallest absolute Gasteiger partial charge is 0.273 e. The Bertz CT molecular complexity index is 982. The summed E-state index contributed by atoms with van der Waals surface area (Å²) in [6, 6.07) is 4.93. The van der Waals surface area contributed by atoms with Gasteiger partial charge in [-0.1, -0.05) is 0 Å². The molecule has 0 bridgehead atoms. The van der Waals surface area contributed by atoms with E-state index in [2.05, 4.69) is 20.4 Å². The van der Waals surface area contributed by atoms with Gasteiger partial charge in [-0.2, -0.15) is 5.10 Å². The van der Waals surface area contributed by atoms with Crippen molar-refractivity contribution in [2.75, 3.05) is 6.79 Å². The maximum Gasteiger partial charge on any atom is 0.273 e. The Balaban J connectivity index is 1.35. The van der Waals surface area contributed by atoms with E-state index in [4.69, 9.17) is 18.6 Å². The number of hydrogen-bond donors (Lipinski definition) is 1. The van der Waals surface area contributed by atoms with Gasteiger partial charge in [0.1, 0.15) is 24.2 Å². The highest BCUT2D eigenvalue weighted by atomic mass is 16.7. The highest BCUT2D eigenvalue weighted by Crippen LogP contribution is 2.35. The van der Waals surface area contributed by atoms with Crippen LogP contribution in [-0.2, 0) is 13.2 Å². The van der Waals surface area contributed by atoms with Gasteiger partial charge in [-0.05, 0) is 26.0 Å². The number of benzene rings is 1. The lowest BCUT2D eigenvalue weighted by atomic mass is 10.3. The molecule has 28 heavy (non-hydrogen) atoms. The number of rotatable bonds is 7. The quantitative estimate of drug-likeness (QED) is 0.658. The van der Waals surface area contributed by atoms with Gasteiger partial charge in [0.05, 0.1) is 6.04 Å². The predicted octanol–water partition coefficient (Wildman–Crippen LogP) is 2.08. The number of ether oxygens (including phenoxy) is 3. The van der Waals surface area contributed by atoms with Gasteiger partial charge in [0.25, 0.3) is 5.91 Å². The average molecular weight is 385 g/mol. The van der Waals surface area contributed by atoms with Crippen molar-refractivity contribution in [3.05, 3.63) is 48.2 Å². The molecule has 3 aromatic rings. The fourth-order valence-electron chi connectivity index (χ4n) is 2.78. The first-order valence-electron chi connectivity index (χ1n) is 8.79. The summed E-state index contributed by atoms with van der Waals surface area (Å²) in [5.74, 6) is 2.48. The molecule has 0 radical (unpaired) electrons. The summed E-state index contributed by atoms with van der Waals surface area (Å²) in [5, 5.41) is 6.93. The molecule has 1 aromatic carbocycles. The summed E-state index contributed by atoms with van der Waals surface area (Å²) < 4.78 is 23.2. The predicted molar refractivity (Wildman–Crippen MR) is 95.0 cm³/mol. The number of oxazole rings is 1. The van der Waals surface area contributed by atoms with Gasteiger partial charge in [-0.25, -0.2) is 14.6 Å². The lowest BCUT2D eigenvalue weighted by Gasteiger charge is -2.12. The fraction of sp³-hybridized carbons (Fsp3) is 0.333. The minimum Gasteiger partial charge on any atom is -0.484 e. The molecule has 0 saturated heterocycles. The van der Waals surface area contributed by atoms with E-state index in [1.165, 1.54) is 12.6 Å². The van der Waals surface area contributed by atoms with Crippen molar-refractivity contribution in [2.24, 2.45) is 0 Å². The molecule has 0 saturated carbocycles. The maximum absolute atomic E-state index is 12.4. The molecule has 1 aliphatic rings. The zero-order valence-corrected chi connectivity index (χ0v) is 15.4. The Hall–Kier alpha value is -3.56. The molecule has 0 spiro atoms. The largest absolute Gasteiger partial charge is 0.484 e. The SMILES string of the molecule is CCn1ncnc1C(C)NC(=O)c1coc(COc2ccc3c(c2)OCO3)n1. The first kappa shape index (κ1) is 17.8. The number of fused-ring (bicyclic) bond motifs is 1. The van der Waals surface area contributed by atoms with Gasteiger partial charge in [-0.15, -0.1) is 0 Å². The number of nitrogens with one attached hydrogen (secondary N) is 1. The summed E-state index contributed by atoms with van der Waals surface area (Å²) in [6.07, 6.45) is 2.76. The van der Waals surface area contributed by atoms with Crippen LogP contribution in [-0.4, -0.2) is 32.4 Å². The first-order chi connectivity index (χ1) is 13.6. The molecular weight excluding hydrogens is 366 g/mol. The van der Waals surface area contributed by atoms with Crippen LogP contribution in [0.25, 0.3) is 0 Å². The third kappa shape index (κ3) is 3.61. The van der Waals surface area contributed by atoms with E-state index in [0.29, 0.717) is 29.6 Å². The zero-order chi connectivity index (χ0) is 19.5. The molecule has 146 valence electrons. The average Bonchev–Trinajstić information content (AvgIpc) is 3.45. The molecule has 0 fully saturated rings. The van der Waals surface area contributed by atoms with E-state index in [9.17, 15) is 4.79 Å². The Kier molecular flexibility index (Phi) is 4.83. The first-order valence-corrected chi connectivity index (χ1v) is 8.79. The van der Waals surface area contributed by atoms with E-state index in [1.807, 2.05) is 13.8 Å². The van der Waals surface area contributed by atoms with Gasteiger partial charge in [0.2, 0.25) is 12.7 Å². The van der Waals surface area contributed by atoms with Crippen molar-refractivity contribution in [3.63, 3.8) is 0 Å². The highest BCUT2D eigenvalue weighted by Gasteiger charge is 2.19. The lowest BCUT2D eigenvalue weighted by molar-refractivity contribution is 0.0932. The van der Waals surface area contributed by atoms with Crippen molar-refractivity contribution in [2.45, 2.75) is 33.0 Å². The normalized spacial score (nSPS) is 13.4. The van der Waals surface area contributed by atoms with Crippen LogP contribution in [0, 0.1) is 0 Å². The molecule has 3 heterocycles. The van der Waals surface area contributed by atoms with Crippen LogP contribution in [0.3, 0.4) is 0 Å². The molecule has 4 rings (SSSR count). The second-order valence-electron chi connectivity index (χ2n) is 6.06. The summed E-state index contributed by atoms with van der Waals surface area (Å²) >= 11 is 0. The van der Waals surface area contributed by atoms with Crippen LogP contribution in [0.15, 0.2) is 35.2 Å². The minimum atomic E-state index is -0.365. The number of aromatic nitrogens is 4. The highest BCUT2D eigenvalue weighted by molar-refractivity contribution is 5.92. The summed E-state index contributed by atoms with van der Waals surface area (Å²) in [6.45, 7) is 4.73. The number of carbonyl (C=O) groups excluding carboxylic acids is 1.